The van der Waals surface area contributed by atoms with Crippen LogP contribution in [0.1, 0.15) is 137 Å². The highest BCUT2D eigenvalue weighted by molar-refractivity contribution is 5.69. The summed E-state index contributed by atoms with van der Waals surface area (Å²) in [5, 5.41) is 0. The molecule has 0 amide bonds. The molecule has 2 aliphatic heterocycles. The van der Waals surface area contributed by atoms with Gasteiger partial charge in [0, 0.05) is 6.42 Å². The first-order valence-electron chi connectivity index (χ1n) is 15.3. The van der Waals surface area contributed by atoms with Crippen LogP contribution in [-0.2, 0) is 19.0 Å². The number of unbranched alkanes of at least 4 members (excludes halogenated alkanes) is 12. The second-order valence-electron chi connectivity index (χ2n) is 14.0. The monoisotopic (exact) mass is 488 g/mol. The Hall–Kier alpha value is -0.610. The van der Waals surface area contributed by atoms with Crippen LogP contribution >= 0.6 is 0 Å². The molecule has 0 aromatic rings. The van der Waals surface area contributed by atoms with Gasteiger partial charge in [0.1, 0.15) is 5.60 Å². The zero-order valence-electron chi connectivity index (χ0n) is 23.2. The maximum Gasteiger partial charge on any atom is 0.308 e. The van der Waals surface area contributed by atoms with E-state index >= 15 is 0 Å². The Morgan fingerprint density at radius 2 is 1.46 bits per heavy atom. The maximum absolute atomic E-state index is 12.7. The molecule has 0 radical (unpaired) electrons. The summed E-state index contributed by atoms with van der Waals surface area (Å²) in [4.78, 5) is 12.7. The van der Waals surface area contributed by atoms with Crippen LogP contribution < -0.4 is 0 Å². The van der Waals surface area contributed by atoms with Crippen molar-refractivity contribution in [2.24, 2.45) is 28.1 Å². The largest absolute Gasteiger partial charge is 0.435 e. The van der Waals surface area contributed by atoms with Gasteiger partial charge in [0.25, 0.3) is 0 Å². The van der Waals surface area contributed by atoms with E-state index in [1.165, 1.54) is 83.5 Å². The molecule has 3 saturated carbocycles. The highest BCUT2D eigenvalue weighted by atomic mass is 16.7. The van der Waals surface area contributed by atoms with Gasteiger partial charge in [-0.05, 0) is 48.3 Å². The van der Waals surface area contributed by atoms with E-state index in [4.69, 9.17) is 14.2 Å². The molecule has 7 atom stereocenters. The van der Waals surface area contributed by atoms with Crippen molar-refractivity contribution in [2.45, 2.75) is 155 Å². The average molecular weight is 489 g/mol. The number of esters is 1. The van der Waals surface area contributed by atoms with Gasteiger partial charge in [0.15, 0.2) is 0 Å². The summed E-state index contributed by atoms with van der Waals surface area (Å²) in [6, 6.07) is 0. The number of hydrogen-bond acceptors (Lipinski definition) is 4. The first-order valence-corrected chi connectivity index (χ1v) is 15.3. The van der Waals surface area contributed by atoms with Gasteiger partial charge < -0.3 is 14.2 Å². The van der Waals surface area contributed by atoms with Gasteiger partial charge in [0.2, 0.25) is 6.29 Å². The molecule has 35 heavy (non-hydrogen) atoms. The zero-order valence-corrected chi connectivity index (χ0v) is 23.2. The number of carbonyl (C=O) groups is 1. The molecule has 0 unspecified atom stereocenters. The standard InChI is InChI=1S/C31H52O4/c1-5-6-7-8-9-10-11-12-13-14-15-16-17-18-25(32)34-27-30-21-29(30,4)24-20-28(2,3)19-23(24)26-31(30,35-26)22-33-27/h23-24,26-27H,5-22H2,1-4H3/t23-,24-,26-,27+,29+,30-,31-/m0/s1. The van der Waals surface area contributed by atoms with Crippen LogP contribution in [0.4, 0.5) is 0 Å². The van der Waals surface area contributed by atoms with Crippen LogP contribution in [0.5, 0.6) is 0 Å². The van der Waals surface area contributed by atoms with Gasteiger partial charge in [-0.25, -0.2) is 0 Å². The van der Waals surface area contributed by atoms with Crippen LogP contribution in [0.15, 0.2) is 0 Å². The first kappa shape index (κ1) is 26.0. The predicted molar refractivity (Wildman–Crippen MR) is 139 cm³/mol. The summed E-state index contributed by atoms with van der Waals surface area (Å²) in [6.07, 6.45) is 21.2. The van der Waals surface area contributed by atoms with Gasteiger partial charge in [-0.1, -0.05) is 105 Å². The second-order valence-corrected chi connectivity index (χ2v) is 14.0. The molecule has 5 aliphatic rings. The van der Waals surface area contributed by atoms with E-state index in [0.717, 1.165) is 19.3 Å². The molecule has 2 spiro atoms. The van der Waals surface area contributed by atoms with Gasteiger partial charge in [0.05, 0.1) is 18.1 Å². The smallest absolute Gasteiger partial charge is 0.308 e. The molecular weight excluding hydrogens is 436 g/mol. The number of carbonyl (C=O) groups excluding carboxylic acids is 1. The van der Waals surface area contributed by atoms with Crippen molar-refractivity contribution < 1.29 is 19.0 Å². The fourth-order valence-electron chi connectivity index (χ4n) is 8.98. The molecule has 0 bridgehead atoms. The molecule has 0 N–H and O–H groups in total. The van der Waals surface area contributed by atoms with Crippen LogP contribution in [0.2, 0.25) is 0 Å². The molecule has 2 saturated heterocycles. The van der Waals surface area contributed by atoms with Gasteiger partial charge in [-0.15, -0.1) is 0 Å². The highest BCUT2D eigenvalue weighted by Gasteiger charge is 2.95. The van der Waals surface area contributed by atoms with Crippen molar-refractivity contribution in [1.82, 2.24) is 0 Å². The Morgan fingerprint density at radius 3 is 2.09 bits per heavy atom. The lowest BCUT2D eigenvalue weighted by Gasteiger charge is -2.37. The summed E-state index contributed by atoms with van der Waals surface area (Å²) < 4.78 is 18.7. The maximum atomic E-state index is 12.7. The Bertz CT molecular complexity index is 763. The minimum absolute atomic E-state index is 0.0650. The summed E-state index contributed by atoms with van der Waals surface area (Å²) in [6.45, 7) is 10.2. The number of fused-ring (bicyclic) bond motifs is 3. The average Bonchev–Trinajstić information content (AvgIpc) is 3.63. The van der Waals surface area contributed by atoms with E-state index in [1.54, 1.807) is 0 Å². The topological polar surface area (TPSA) is 48.1 Å². The van der Waals surface area contributed by atoms with Gasteiger partial charge in [-0.3, -0.25) is 4.79 Å². The van der Waals surface area contributed by atoms with E-state index in [0.29, 0.717) is 36.4 Å². The van der Waals surface area contributed by atoms with E-state index in [1.807, 2.05) is 0 Å². The van der Waals surface area contributed by atoms with Crippen LogP contribution in [0.25, 0.3) is 0 Å². The lowest BCUT2D eigenvalue weighted by molar-refractivity contribution is -0.182. The minimum Gasteiger partial charge on any atom is -0.435 e. The summed E-state index contributed by atoms with van der Waals surface area (Å²) in [7, 11) is 0. The van der Waals surface area contributed by atoms with E-state index in [-0.39, 0.29) is 22.4 Å². The predicted octanol–water partition coefficient (Wildman–Crippen LogP) is 7.97. The molecule has 2 heterocycles. The number of hydrogen-bond donors (Lipinski definition) is 0. The lowest BCUT2D eigenvalue weighted by Crippen LogP contribution is -2.46. The number of epoxide rings is 1. The normalized spacial score (nSPS) is 41.6. The summed E-state index contributed by atoms with van der Waals surface area (Å²) in [5.74, 6) is 1.28. The number of ether oxygens (including phenoxy) is 3. The zero-order chi connectivity index (χ0) is 24.7. The molecule has 3 aliphatic carbocycles. The van der Waals surface area contributed by atoms with E-state index < -0.39 is 6.29 Å². The fourth-order valence-corrected chi connectivity index (χ4v) is 8.98. The van der Waals surface area contributed by atoms with Crippen LogP contribution in [0.3, 0.4) is 0 Å². The fraction of sp³-hybridized carbons (Fsp3) is 0.968. The van der Waals surface area contributed by atoms with Crippen LogP contribution in [-0.4, -0.2) is 30.6 Å². The molecule has 200 valence electrons. The minimum atomic E-state index is -0.392. The SMILES string of the molecule is CCCCCCCCCCCCCCCC(=O)O[C@H]1OC[C@]23O[C@H]2[C@H]2CC(C)(C)C[C@@H]2[C@@]2(C)C[C@@]132. The third-order valence-corrected chi connectivity index (χ3v) is 10.9. The molecule has 0 aromatic heterocycles. The summed E-state index contributed by atoms with van der Waals surface area (Å²) in [5.41, 5.74) is 0.353. The van der Waals surface area contributed by atoms with Crippen LogP contribution in [0, 0.1) is 28.1 Å². The van der Waals surface area contributed by atoms with Crippen molar-refractivity contribution in [1.29, 1.82) is 0 Å². The van der Waals surface area contributed by atoms with Gasteiger partial charge >= 0.3 is 5.97 Å². The van der Waals surface area contributed by atoms with Crippen molar-refractivity contribution in [3.05, 3.63) is 0 Å². The quantitative estimate of drug-likeness (QED) is 0.133. The van der Waals surface area contributed by atoms with E-state index in [2.05, 4.69) is 27.7 Å². The molecule has 5 fully saturated rings. The third-order valence-electron chi connectivity index (χ3n) is 10.9. The molecule has 4 heteroatoms. The first-order chi connectivity index (χ1) is 16.8. The highest BCUT2D eigenvalue weighted by Crippen LogP contribution is 2.88. The molecule has 4 nitrogen and oxygen atoms in total. The van der Waals surface area contributed by atoms with E-state index in [9.17, 15) is 4.79 Å². The van der Waals surface area contributed by atoms with Crippen molar-refractivity contribution >= 4 is 5.97 Å². The molecule has 0 aromatic carbocycles. The van der Waals surface area contributed by atoms with Gasteiger partial charge in [-0.2, -0.15) is 0 Å². The third kappa shape index (κ3) is 4.51. The van der Waals surface area contributed by atoms with Crippen molar-refractivity contribution in [3.63, 3.8) is 0 Å². The van der Waals surface area contributed by atoms with Crippen molar-refractivity contribution in [3.8, 4) is 0 Å². The summed E-state index contributed by atoms with van der Waals surface area (Å²) >= 11 is 0. The second kappa shape index (κ2) is 9.93. The lowest BCUT2D eigenvalue weighted by atomic mass is 9.64. The Balaban J connectivity index is 0.975. The Morgan fingerprint density at radius 1 is 0.857 bits per heavy atom. The Labute approximate surface area is 214 Å². The van der Waals surface area contributed by atoms with Crippen molar-refractivity contribution in [2.75, 3.05) is 6.61 Å². The number of rotatable bonds is 15. The molecular formula is C31H52O4. The Kier molecular flexibility index (Phi) is 7.38. The molecule has 5 rings (SSSR count).